The van der Waals surface area contributed by atoms with Crippen molar-refractivity contribution >= 4 is 86.0 Å². The van der Waals surface area contributed by atoms with Gasteiger partial charge in [0.15, 0.2) is 0 Å². The first-order chi connectivity index (χ1) is 39.2. The molecule has 6 aromatic carbocycles. The number of halogens is 8. The molecule has 0 fully saturated rings. The van der Waals surface area contributed by atoms with Gasteiger partial charge in [-0.15, -0.1) is 11.6 Å². The molecule has 0 saturated carbocycles. The molecule has 3 heterocycles. The number of ketones is 1. The quantitative estimate of drug-likeness (QED) is 0.0595. The van der Waals surface area contributed by atoms with Crippen LogP contribution in [0.3, 0.4) is 0 Å². The predicted molar refractivity (Wildman–Crippen MR) is 356 cm³/mol. The number of aryl methyl sites for hydroxylation is 3. The molecule has 0 radical (unpaired) electrons. The first-order valence-corrected chi connectivity index (χ1v) is 26.3. The Bertz CT molecular complexity index is 3500. The number of nitrogens with two attached hydrogens (primary N) is 1. The molecule has 90 heavy (non-hydrogen) atoms. The molecular weight excluding hydrogens is 1320 g/mol. The van der Waals surface area contributed by atoms with Crippen LogP contribution in [0.15, 0.2) is 166 Å². The number of phenolic OH excluding ortho intramolecular Hbond substituents is 2. The van der Waals surface area contributed by atoms with Crippen LogP contribution in [0, 0.1) is 20.8 Å². The molecule has 6 N–H and O–H groups in total. The van der Waals surface area contributed by atoms with Crippen molar-refractivity contribution in [2.75, 3.05) is 13.0 Å². The Hall–Kier alpha value is -8.34. The lowest BCUT2D eigenvalue weighted by atomic mass is 10.1. The molecule has 0 aliphatic rings. The van der Waals surface area contributed by atoms with Crippen LogP contribution in [-0.4, -0.2) is 72.0 Å². The van der Waals surface area contributed by atoms with E-state index < -0.39 is 29.7 Å². The molecule has 2 atom stereocenters. The number of ether oxygens (including phenoxy) is 2. The van der Waals surface area contributed by atoms with Crippen LogP contribution in [0.25, 0.3) is 34.4 Å². The highest BCUT2D eigenvalue weighted by atomic mass is 79.9. The number of aromatic hydroxyl groups is 3. The Labute approximate surface area is 552 Å². The first-order valence-electron chi connectivity index (χ1n) is 23.7. The minimum atomic E-state index is -4.58. The highest BCUT2D eigenvalue weighted by Gasteiger charge is 2.33. The van der Waals surface area contributed by atoms with E-state index in [-0.39, 0.29) is 114 Å². The number of carbonyl (C=O) groups excluding carboxylic acids is 3. The second-order valence-electron chi connectivity index (χ2n) is 16.8. The summed E-state index contributed by atoms with van der Waals surface area (Å²) in [6.07, 6.45) is -1.66. The number of carbonyl (C=O) groups is 4. The lowest BCUT2D eigenvalue weighted by molar-refractivity contribution is -0.145. The Kier molecular flexibility index (Phi) is 41.7. The van der Waals surface area contributed by atoms with Gasteiger partial charge >= 0.3 is 18.1 Å². The Morgan fingerprint density at radius 1 is 0.589 bits per heavy atom. The van der Waals surface area contributed by atoms with Crippen molar-refractivity contribution in [3.63, 3.8) is 0 Å². The number of oxazole rings is 3. The summed E-state index contributed by atoms with van der Waals surface area (Å²) in [7, 11) is 1.37. The van der Waals surface area contributed by atoms with E-state index in [4.69, 9.17) is 75.2 Å². The SMILES string of the molecule is C.C.C.C.C.C.C.CC(=O)CCl.COC(=O)C(Br)c1ccccc1.Cc1coc(-c2cc(C(F)(F)F)ccc2OC(C(=O)O)c2ccccc2)n1.Cc1coc(-c2cc(Cl)ccc2O)n1.Cc1coc(-c2cc(Cl)ccc2O)n1.NC(=O)c1cc(Cl)ccc1O. The third-order valence-electron chi connectivity index (χ3n) is 10.3. The maximum atomic E-state index is 13.1. The van der Waals surface area contributed by atoms with Crippen molar-refractivity contribution in [1.29, 1.82) is 0 Å². The van der Waals surface area contributed by atoms with Crippen LogP contribution in [0.1, 0.15) is 114 Å². The molecule has 0 spiro atoms. The lowest BCUT2D eigenvalue weighted by Crippen LogP contribution is -2.18. The zero-order chi connectivity index (χ0) is 61.6. The number of alkyl halides is 5. The normalized spacial score (nSPS) is 10.2. The number of benzene rings is 6. The van der Waals surface area contributed by atoms with Gasteiger partial charge in [-0.1, -0.05) is 163 Å². The number of amides is 1. The number of hydrogen-bond donors (Lipinski definition) is 5. The van der Waals surface area contributed by atoms with Crippen molar-refractivity contribution in [2.24, 2.45) is 5.73 Å². The standard InChI is InChI=1S/C19H14F3NO4.2C10H8ClNO2.C9H9BrO2.C7H6ClNO2.C3H5ClO.7CH4/c1-11-10-26-17(23-11)14-9-13(19(20,21)22)7-8-15(14)27-16(18(24)25)12-5-3-2-4-6-12;2*1-6-5-14-10(12-6)8-4-7(11)2-3-9(8)13;1-12-9(11)8(10)7-5-3-2-4-6-7;8-4-1-2-6(10)5(3-4)7(9)11;1-3(5)2-4;;;;;;;/h2-10,16H,1H3,(H,24,25);2*2-5,13H,1H3;2-6,8H,1H3;1-3,10H,(H2,9,11);2H2,1H3;7*1H4. The van der Waals surface area contributed by atoms with Gasteiger partial charge in [-0.3, -0.25) is 14.4 Å². The molecule has 25 heteroatoms. The monoisotopic (exact) mass is 1400 g/mol. The number of esters is 1. The maximum Gasteiger partial charge on any atom is 0.416 e. The fourth-order valence-electron chi connectivity index (χ4n) is 6.35. The van der Waals surface area contributed by atoms with E-state index in [1.165, 1.54) is 63.2 Å². The van der Waals surface area contributed by atoms with Crippen molar-refractivity contribution in [3.05, 3.63) is 207 Å². The van der Waals surface area contributed by atoms with E-state index in [1.807, 2.05) is 44.2 Å². The zero-order valence-electron chi connectivity index (χ0n) is 44.2. The summed E-state index contributed by atoms with van der Waals surface area (Å²) in [5.41, 5.74) is 8.21. The second-order valence-corrected chi connectivity index (χ2v) is 19.3. The number of phenols is 3. The Morgan fingerprint density at radius 3 is 1.30 bits per heavy atom. The number of aromatic nitrogens is 3. The fourth-order valence-corrected chi connectivity index (χ4v) is 7.36. The first kappa shape index (κ1) is 88.1. The van der Waals surface area contributed by atoms with Gasteiger partial charge in [-0.05, 0) is 106 Å². The zero-order valence-corrected chi connectivity index (χ0v) is 48.8. The van der Waals surface area contributed by atoms with Crippen LogP contribution in [0.2, 0.25) is 15.1 Å². The number of Topliss-reactive ketones (excluding diaryl/α,β-unsaturated/α-hetero) is 1. The van der Waals surface area contributed by atoms with E-state index in [0.717, 1.165) is 35.2 Å². The second kappa shape index (κ2) is 42.6. The molecule has 2 unspecified atom stereocenters. The van der Waals surface area contributed by atoms with E-state index in [0.29, 0.717) is 49.2 Å². The number of hydrogen-bond acceptors (Lipinski definition) is 15. The van der Waals surface area contributed by atoms with Crippen molar-refractivity contribution in [3.8, 4) is 57.4 Å². The predicted octanol–water partition coefficient (Wildman–Crippen LogP) is 19.6. The molecule has 1 amide bonds. The van der Waals surface area contributed by atoms with Crippen molar-refractivity contribution < 1.29 is 75.5 Å². The van der Waals surface area contributed by atoms with Gasteiger partial charge in [-0.25, -0.2) is 19.7 Å². The summed E-state index contributed by atoms with van der Waals surface area (Å²) in [4.78, 5) is 54.8. The lowest BCUT2D eigenvalue weighted by Gasteiger charge is -2.18. The van der Waals surface area contributed by atoms with Crippen LogP contribution in [0.5, 0.6) is 23.0 Å². The van der Waals surface area contributed by atoms with Gasteiger partial charge in [-0.2, -0.15) is 13.2 Å². The molecule has 17 nitrogen and oxygen atoms in total. The molecule has 9 rings (SSSR count). The average Bonchev–Trinajstić information content (AvgIpc) is 1.65. The maximum absolute atomic E-state index is 13.1. The molecule has 0 aliphatic carbocycles. The van der Waals surface area contributed by atoms with Gasteiger partial charge in [0.1, 0.15) is 52.4 Å². The van der Waals surface area contributed by atoms with Crippen LogP contribution in [0.4, 0.5) is 13.2 Å². The van der Waals surface area contributed by atoms with Crippen LogP contribution >= 0.6 is 62.3 Å². The summed E-state index contributed by atoms with van der Waals surface area (Å²) in [6.45, 7) is 6.70. The summed E-state index contributed by atoms with van der Waals surface area (Å²) >= 11 is 25.4. The molecule has 492 valence electrons. The van der Waals surface area contributed by atoms with Crippen molar-refractivity contribution in [1.82, 2.24) is 15.0 Å². The van der Waals surface area contributed by atoms with E-state index in [9.17, 15) is 47.7 Å². The van der Waals surface area contributed by atoms with Gasteiger partial charge in [0.25, 0.3) is 5.91 Å². The van der Waals surface area contributed by atoms with E-state index >= 15 is 0 Å². The number of aliphatic carboxylic acids is 1. The summed E-state index contributed by atoms with van der Waals surface area (Å²) in [6, 6.07) is 33.8. The smallest absolute Gasteiger partial charge is 0.416 e. The Morgan fingerprint density at radius 2 is 0.967 bits per heavy atom. The molecule has 0 aliphatic heterocycles. The number of rotatable bonds is 11. The largest absolute Gasteiger partial charge is 0.507 e. The minimum Gasteiger partial charge on any atom is -0.507 e. The highest BCUT2D eigenvalue weighted by molar-refractivity contribution is 9.09. The summed E-state index contributed by atoms with van der Waals surface area (Å²) < 4.78 is 64.9. The minimum absolute atomic E-state index is 0. The molecule has 0 bridgehead atoms. The van der Waals surface area contributed by atoms with Crippen LogP contribution in [-0.2, 0) is 25.3 Å². The van der Waals surface area contributed by atoms with Crippen LogP contribution < -0.4 is 10.5 Å². The summed E-state index contributed by atoms with van der Waals surface area (Å²) in [5.74, 6) is -1.44. The summed E-state index contributed by atoms with van der Waals surface area (Å²) in [5, 5.41) is 39.1. The molecule has 9 aromatic rings. The highest BCUT2D eigenvalue weighted by Crippen LogP contribution is 2.39. The topological polar surface area (TPSA) is 272 Å². The number of carboxylic acid groups (broad SMARTS) is 1. The van der Waals surface area contributed by atoms with Gasteiger partial charge in [0.05, 0.1) is 57.9 Å². The molecule has 3 aromatic heterocycles. The van der Waals surface area contributed by atoms with Crippen molar-refractivity contribution in [2.45, 2.75) is 96.8 Å². The van der Waals surface area contributed by atoms with Gasteiger partial charge in [0, 0.05) is 20.6 Å². The third-order valence-corrected chi connectivity index (χ3v) is 12.2. The number of primary amides is 1. The van der Waals surface area contributed by atoms with E-state index in [1.54, 1.807) is 61.5 Å². The van der Waals surface area contributed by atoms with Gasteiger partial charge < -0.3 is 48.9 Å². The number of carboxylic acids is 1. The van der Waals surface area contributed by atoms with E-state index in [2.05, 4.69) is 35.6 Å². The number of nitrogens with zero attached hydrogens (tertiary/aromatic N) is 3. The van der Waals surface area contributed by atoms with Gasteiger partial charge in [0.2, 0.25) is 23.8 Å². The third kappa shape index (κ3) is 28.0. The Balaban J connectivity index is -0.000000514. The fraction of sp³-hybridized carbons (Fsp3) is 0.246. The average molecular weight is 1400 g/mol. The molecule has 0 saturated heterocycles. The molecular formula is C65H78BrCl4F3N4O13. The number of methoxy groups -OCH3 is 1.